The van der Waals surface area contributed by atoms with Crippen LogP contribution in [0.1, 0.15) is 6.42 Å². The van der Waals surface area contributed by atoms with Crippen molar-refractivity contribution in [1.29, 1.82) is 0 Å². The van der Waals surface area contributed by atoms with Crippen LogP contribution < -0.4 is 15.2 Å². The van der Waals surface area contributed by atoms with Gasteiger partial charge in [-0.25, -0.2) is 4.98 Å². The number of aromatic nitrogens is 2. The van der Waals surface area contributed by atoms with E-state index in [0.29, 0.717) is 11.4 Å². The number of carbonyl (C=O) groups is 1. The van der Waals surface area contributed by atoms with Crippen molar-refractivity contribution in [3.63, 3.8) is 0 Å². The Morgan fingerprint density at radius 2 is 2.05 bits per heavy atom. The van der Waals surface area contributed by atoms with Crippen molar-refractivity contribution in [2.45, 2.75) is 11.4 Å². The van der Waals surface area contributed by atoms with Crippen LogP contribution in [0.25, 0.3) is 0 Å². The summed E-state index contributed by atoms with van der Waals surface area (Å²) in [5.41, 5.74) is 5.37. The second-order valence-corrected chi connectivity index (χ2v) is 5.76. The molecule has 9 heteroatoms. The smallest absolute Gasteiger partial charge is 0.278 e. The molecular weight excluding hydrogens is 296 g/mol. The van der Waals surface area contributed by atoms with Crippen LogP contribution >= 0.6 is 0 Å². The number of anilines is 1. The number of H-pyrrole nitrogens is 1. The number of imidazole rings is 1. The maximum absolute atomic E-state index is 11.9. The number of ether oxygens (including phenoxy) is 1. The molecule has 0 radical (unpaired) electrons. The summed E-state index contributed by atoms with van der Waals surface area (Å²) < 4.78 is 31.5. The Bertz CT molecular complexity index is 695. The summed E-state index contributed by atoms with van der Waals surface area (Å²) in [5.74, 6) is 0.0691. The van der Waals surface area contributed by atoms with Crippen LogP contribution in [0.5, 0.6) is 5.75 Å². The molecule has 0 spiro atoms. The van der Waals surface area contributed by atoms with Gasteiger partial charge in [0.15, 0.2) is 5.03 Å². The van der Waals surface area contributed by atoms with Gasteiger partial charge in [-0.1, -0.05) is 0 Å². The topological polar surface area (TPSA) is 127 Å². The van der Waals surface area contributed by atoms with Crippen molar-refractivity contribution >= 4 is 21.6 Å². The molecule has 4 N–H and O–H groups in total. The fraction of sp³-hybridized carbons (Fsp3) is 0.167. The molecule has 1 aromatic carbocycles. The van der Waals surface area contributed by atoms with E-state index in [1.54, 1.807) is 24.3 Å². The first-order chi connectivity index (χ1) is 9.97. The Labute approximate surface area is 121 Å². The molecule has 0 bridgehead atoms. The second kappa shape index (κ2) is 6.27. The number of carbonyl (C=O) groups excluding carboxylic acids is 1. The van der Waals surface area contributed by atoms with Gasteiger partial charge in [-0.15, -0.1) is 0 Å². The molecule has 0 atom stereocenters. The highest BCUT2D eigenvalue weighted by atomic mass is 32.2. The Morgan fingerprint density at radius 1 is 1.33 bits per heavy atom. The highest BCUT2D eigenvalue weighted by Gasteiger charge is 2.15. The number of benzene rings is 1. The Hall–Kier alpha value is -2.55. The minimum absolute atomic E-state index is 0.0238. The molecule has 0 aliphatic carbocycles. The number of hydrogen-bond acceptors (Lipinski definition) is 5. The lowest BCUT2D eigenvalue weighted by atomic mass is 10.3. The predicted molar refractivity (Wildman–Crippen MR) is 75.1 cm³/mol. The van der Waals surface area contributed by atoms with Crippen LogP contribution in [0.3, 0.4) is 0 Å². The molecule has 2 rings (SSSR count). The van der Waals surface area contributed by atoms with Gasteiger partial charge >= 0.3 is 0 Å². The summed E-state index contributed by atoms with van der Waals surface area (Å²) in [5, 5.41) is -0.0238. The number of rotatable bonds is 7. The van der Waals surface area contributed by atoms with E-state index in [-0.39, 0.29) is 18.1 Å². The van der Waals surface area contributed by atoms with Gasteiger partial charge in [-0.2, -0.15) is 8.42 Å². The molecule has 0 saturated heterocycles. The highest BCUT2D eigenvalue weighted by Crippen LogP contribution is 2.18. The summed E-state index contributed by atoms with van der Waals surface area (Å²) in [7, 11) is -3.68. The van der Waals surface area contributed by atoms with Crippen LogP contribution in [-0.2, 0) is 14.8 Å². The van der Waals surface area contributed by atoms with E-state index in [4.69, 9.17) is 10.5 Å². The van der Waals surface area contributed by atoms with Crippen LogP contribution in [0.4, 0.5) is 5.69 Å². The van der Waals surface area contributed by atoms with Crippen molar-refractivity contribution < 1.29 is 17.9 Å². The average Bonchev–Trinajstić information content (AvgIpc) is 2.95. The fourth-order valence-corrected chi connectivity index (χ4v) is 2.45. The highest BCUT2D eigenvalue weighted by molar-refractivity contribution is 7.92. The molecule has 0 fully saturated rings. The third-order valence-electron chi connectivity index (χ3n) is 2.49. The van der Waals surface area contributed by atoms with Gasteiger partial charge in [0.2, 0.25) is 5.91 Å². The Kier molecular flexibility index (Phi) is 4.43. The third-order valence-corrected chi connectivity index (χ3v) is 3.79. The first-order valence-electron chi connectivity index (χ1n) is 6.00. The zero-order valence-corrected chi connectivity index (χ0v) is 11.8. The number of aromatic amines is 1. The molecule has 1 aromatic heterocycles. The summed E-state index contributed by atoms with van der Waals surface area (Å²) in [4.78, 5) is 16.7. The Morgan fingerprint density at radius 3 is 2.62 bits per heavy atom. The molecule has 21 heavy (non-hydrogen) atoms. The molecule has 112 valence electrons. The number of amides is 1. The van der Waals surface area contributed by atoms with E-state index >= 15 is 0 Å². The van der Waals surface area contributed by atoms with E-state index in [2.05, 4.69) is 14.7 Å². The van der Waals surface area contributed by atoms with Crippen LogP contribution in [0.15, 0.2) is 41.8 Å². The first-order valence-corrected chi connectivity index (χ1v) is 7.48. The van der Waals surface area contributed by atoms with Gasteiger partial charge in [0.25, 0.3) is 10.0 Å². The summed E-state index contributed by atoms with van der Waals surface area (Å²) in [6.07, 6.45) is 2.61. The molecule has 1 heterocycles. The van der Waals surface area contributed by atoms with Gasteiger partial charge in [0, 0.05) is 5.69 Å². The van der Waals surface area contributed by atoms with Crippen molar-refractivity contribution in [3.05, 3.63) is 36.8 Å². The summed E-state index contributed by atoms with van der Waals surface area (Å²) >= 11 is 0. The van der Waals surface area contributed by atoms with Gasteiger partial charge < -0.3 is 15.5 Å². The second-order valence-electron chi connectivity index (χ2n) is 4.11. The van der Waals surface area contributed by atoms with E-state index in [1.165, 1.54) is 12.5 Å². The van der Waals surface area contributed by atoms with Crippen molar-refractivity contribution in [1.82, 2.24) is 9.97 Å². The zero-order valence-electron chi connectivity index (χ0n) is 10.9. The lowest BCUT2D eigenvalue weighted by Gasteiger charge is -2.08. The monoisotopic (exact) mass is 310 g/mol. The van der Waals surface area contributed by atoms with Crippen LogP contribution in [0, 0.1) is 0 Å². The minimum Gasteiger partial charge on any atom is -0.493 e. The standard InChI is InChI=1S/C12H14N4O4S/c13-11(17)5-6-20-10-3-1-9(2-4-10)16-21(18,19)12-7-14-8-15-12/h1-4,7-8,16H,5-6H2,(H2,13,17)(H,14,15). The van der Waals surface area contributed by atoms with Gasteiger partial charge in [0.05, 0.1) is 25.6 Å². The van der Waals surface area contributed by atoms with Crippen LogP contribution in [-0.4, -0.2) is 30.9 Å². The molecule has 0 aliphatic heterocycles. The molecular formula is C12H14N4O4S. The van der Waals surface area contributed by atoms with Crippen molar-refractivity contribution in [2.75, 3.05) is 11.3 Å². The van der Waals surface area contributed by atoms with Crippen LogP contribution in [0.2, 0.25) is 0 Å². The molecule has 0 aliphatic rings. The number of nitrogens with zero attached hydrogens (tertiary/aromatic N) is 1. The number of primary amides is 1. The van der Waals surface area contributed by atoms with E-state index in [1.807, 2.05) is 0 Å². The first kappa shape index (κ1) is 14.9. The molecule has 0 saturated carbocycles. The maximum atomic E-state index is 11.9. The Balaban J connectivity index is 1.98. The zero-order chi connectivity index (χ0) is 15.3. The lowest BCUT2D eigenvalue weighted by molar-refractivity contribution is -0.118. The van der Waals surface area contributed by atoms with E-state index in [9.17, 15) is 13.2 Å². The number of nitrogens with one attached hydrogen (secondary N) is 2. The van der Waals surface area contributed by atoms with Gasteiger partial charge in [-0.3, -0.25) is 9.52 Å². The molecule has 2 aromatic rings. The predicted octanol–water partition coefficient (Wildman–Crippen LogP) is 0.465. The summed E-state index contributed by atoms with van der Waals surface area (Å²) in [6.45, 7) is 0.175. The average molecular weight is 310 g/mol. The molecule has 1 amide bonds. The van der Waals surface area contributed by atoms with E-state index in [0.717, 1.165) is 0 Å². The van der Waals surface area contributed by atoms with Crippen molar-refractivity contribution in [3.8, 4) is 5.75 Å². The number of sulfonamides is 1. The maximum Gasteiger partial charge on any atom is 0.278 e. The lowest BCUT2D eigenvalue weighted by Crippen LogP contribution is -2.14. The molecule has 0 unspecified atom stereocenters. The van der Waals surface area contributed by atoms with Gasteiger partial charge in [0.1, 0.15) is 5.75 Å². The normalized spacial score (nSPS) is 11.0. The largest absolute Gasteiger partial charge is 0.493 e. The SMILES string of the molecule is NC(=O)CCOc1ccc(NS(=O)(=O)c2cnc[nH]2)cc1. The number of hydrogen-bond donors (Lipinski definition) is 3. The fourth-order valence-electron chi connectivity index (χ4n) is 1.49. The minimum atomic E-state index is -3.68. The van der Waals surface area contributed by atoms with E-state index < -0.39 is 15.9 Å². The van der Waals surface area contributed by atoms with Crippen molar-refractivity contribution in [2.24, 2.45) is 5.73 Å². The summed E-state index contributed by atoms with van der Waals surface area (Å²) in [6, 6.07) is 6.28. The molecule has 8 nitrogen and oxygen atoms in total. The van der Waals surface area contributed by atoms with Gasteiger partial charge in [-0.05, 0) is 24.3 Å². The number of nitrogens with two attached hydrogens (primary N) is 1. The quantitative estimate of drug-likeness (QED) is 0.685. The third kappa shape index (κ3) is 4.21.